The van der Waals surface area contributed by atoms with Crippen LogP contribution in [0.1, 0.15) is 65.4 Å². The molecule has 2 aliphatic rings. The lowest BCUT2D eigenvalue weighted by Gasteiger charge is -2.26. The standard InChI is InChI=1S/C21H25N5O/c1-26-20(17-6-2-3-7-19(17)25-26)13-23-21(27)24-18-8-4-5-15-11-14(12-22)9-10-16(15)18/h9-11,18H,2-8,13H2,1H3,(H2,23,24,27). The van der Waals surface area contributed by atoms with Gasteiger partial charge in [0, 0.05) is 7.05 Å². The summed E-state index contributed by atoms with van der Waals surface area (Å²) in [5.74, 6) is 0. The van der Waals surface area contributed by atoms with Crippen LogP contribution in [0.5, 0.6) is 0 Å². The van der Waals surface area contributed by atoms with Gasteiger partial charge in [-0.2, -0.15) is 10.4 Å². The molecule has 1 aromatic carbocycles. The molecule has 0 aliphatic heterocycles. The van der Waals surface area contributed by atoms with Gasteiger partial charge in [0.1, 0.15) is 0 Å². The first-order valence-corrected chi connectivity index (χ1v) is 9.76. The van der Waals surface area contributed by atoms with Crippen molar-refractivity contribution < 1.29 is 4.79 Å². The average molecular weight is 363 g/mol. The first-order valence-electron chi connectivity index (χ1n) is 9.76. The number of benzene rings is 1. The van der Waals surface area contributed by atoms with Crippen molar-refractivity contribution in [3.8, 4) is 6.07 Å². The lowest BCUT2D eigenvalue weighted by Crippen LogP contribution is -2.39. The van der Waals surface area contributed by atoms with E-state index in [4.69, 9.17) is 5.26 Å². The van der Waals surface area contributed by atoms with Crippen LogP contribution in [0.3, 0.4) is 0 Å². The van der Waals surface area contributed by atoms with Crippen LogP contribution in [0.2, 0.25) is 0 Å². The van der Waals surface area contributed by atoms with Crippen molar-refractivity contribution in [1.29, 1.82) is 5.26 Å². The van der Waals surface area contributed by atoms with E-state index in [1.165, 1.54) is 29.7 Å². The van der Waals surface area contributed by atoms with Crippen LogP contribution >= 0.6 is 0 Å². The molecule has 2 N–H and O–H groups in total. The number of urea groups is 1. The summed E-state index contributed by atoms with van der Waals surface area (Å²) in [6, 6.07) is 7.80. The zero-order chi connectivity index (χ0) is 18.8. The summed E-state index contributed by atoms with van der Waals surface area (Å²) in [5.41, 5.74) is 6.61. The fourth-order valence-corrected chi connectivity index (χ4v) is 4.38. The third-order valence-corrected chi connectivity index (χ3v) is 5.76. The third-order valence-electron chi connectivity index (χ3n) is 5.76. The van der Waals surface area contributed by atoms with Crippen molar-refractivity contribution in [1.82, 2.24) is 20.4 Å². The molecule has 0 saturated carbocycles. The minimum Gasteiger partial charge on any atom is -0.333 e. The smallest absolute Gasteiger partial charge is 0.315 e. The van der Waals surface area contributed by atoms with E-state index in [0.29, 0.717) is 12.1 Å². The van der Waals surface area contributed by atoms with Gasteiger partial charge in [0.05, 0.1) is 35.6 Å². The molecule has 1 unspecified atom stereocenters. The Balaban J connectivity index is 1.41. The van der Waals surface area contributed by atoms with Gasteiger partial charge < -0.3 is 10.6 Å². The van der Waals surface area contributed by atoms with Gasteiger partial charge in [-0.15, -0.1) is 0 Å². The average Bonchev–Trinajstić information content (AvgIpc) is 3.01. The highest BCUT2D eigenvalue weighted by molar-refractivity contribution is 5.74. The Morgan fingerprint density at radius 2 is 2.15 bits per heavy atom. The van der Waals surface area contributed by atoms with E-state index in [2.05, 4.69) is 21.8 Å². The monoisotopic (exact) mass is 363 g/mol. The number of hydrogen-bond donors (Lipinski definition) is 2. The van der Waals surface area contributed by atoms with Gasteiger partial charge in [0.25, 0.3) is 0 Å². The molecule has 6 heteroatoms. The summed E-state index contributed by atoms with van der Waals surface area (Å²) in [6.45, 7) is 0.498. The molecule has 2 amide bonds. The Kier molecular flexibility index (Phi) is 4.85. The molecule has 1 heterocycles. The van der Waals surface area contributed by atoms with Crippen molar-refractivity contribution in [2.45, 2.75) is 57.5 Å². The van der Waals surface area contributed by atoms with E-state index in [0.717, 1.165) is 43.4 Å². The molecule has 6 nitrogen and oxygen atoms in total. The molecule has 2 aromatic rings. The highest BCUT2D eigenvalue weighted by Gasteiger charge is 2.23. The maximum absolute atomic E-state index is 12.5. The number of hydrogen-bond acceptors (Lipinski definition) is 3. The van der Waals surface area contributed by atoms with Gasteiger partial charge in [-0.25, -0.2) is 4.79 Å². The minimum atomic E-state index is -0.150. The van der Waals surface area contributed by atoms with E-state index in [1.807, 2.05) is 29.9 Å². The molecule has 0 bridgehead atoms. The maximum atomic E-state index is 12.5. The zero-order valence-corrected chi connectivity index (χ0v) is 15.7. The molecule has 0 radical (unpaired) electrons. The second kappa shape index (κ2) is 7.43. The summed E-state index contributed by atoms with van der Waals surface area (Å²) in [7, 11) is 1.96. The van der Waals surface area contributed by atoms with E-state index >= 15 is 0 Å². The Morgan fingerprint density at radius 1 is 1.30 bits per heavy atom. The van der Waals surface area contributed by atoms with Crippen molar-refractivity contribution >= 4 is 6.03 Å². The van der Waals surface area contributed by atoms with Gasteiger partial charge in [-0.3, -0.25) is 4.68 Å². The van der Waals surface area contributed by atoms with Crippen molar-refractivity contribution in [2.24, 2.45) is 7.05 Å². The van der Waals surface area contributed by atoms with Crippen LogP contribution in [-0.4, -0.2) is 15.8 Å². The number of carbonyl (C=O) groups is 1. The maximum Gasteiger partial charge on any atom is 0.315 e. The predicted octanol–water partition coefficient (Wildman–Crippen LogP) is 3.05. The van der Waals surface area contributed by atoms with Crippen LogP contribution in [0.15, 0.2) is 18.2 Å². The number of rotatable bonds is 3. The number of nitrogens with zero attached hydrogens (tertiary/aromatic N) is 3. The predicted molar refractivity (Wildman–Crippen MR) is 102 cm³/mol. The highest BCUT2D eigenvalue weighted by atomic mass is 16.2. The molecule has 140 valence electrons. The number of carbonyl (C=O) groups excluding carboxylic acids is 1. The SMILES string of the molecule is Cn1nc2c(c1CNC(=O)NC1CCCc3cc(C#N)ccc31)CCCC2. The third kappa shape index (κ3) is 3.55. The number of aromatic nitrogens is 2. The molecule has 0 spiro atoms. The van der Waals surface area contributed by atoms with Gasteiger partial charge in [-0.05, 0) is 73.8 Å². The summed E-state index contributed by atoms with van der Waals surface area (Å²) >= 11 is 0. The topological polar surface area (TPSA) is 82.7 Å². The number of amides is 2. The molecular formula is C21H25N5O. The van der Waals surface area contributed by atoms with Gasteiger partial charge >= 0.3 is 6.03 Å². The number of aryl methyl sites for hydroxylation is 3. The summed E-state index contributed by atoms with van der Waals surface area (Å²) < 4.78 is 1.91. The van der Waals surface area contributed by atoms with Crippen LogP contribution in [-0.2, 0) is 32.9 Å². The Morgan fingerprint density at radius 3 is 3.00 bits per heavy atom. The summed E-state index contributed by atoms with van der Waals surface area (Å²) in [4.78, 5) is 12.5. The lowest BCUT2D eigenvalue weighted by molar-refractivity contribution is 0.235. The Hall–Kier alpha value is -2.81. The molecule has 27 heavy (non-hydrogen) atoms. The molecule has 4 rings (SSSR count). The second-order valence-corrected chi connectivity index (χ2v) is 7.50. The fraction of sp³-hybridized carbons (Fsp3) is 0.476. The largest absolute Gasteiger partial charge is 0.333 e. The first-order chi connectivity index (χ1) is 13.2. The minimum absolute atomic E-state index is 0.00180. The fourth-order valence-electron chi connectivity index (χ4n) is 4.38. The first kappa shape index (κ1) is 17.6. The highest BCUT2D eigenvalue weighted by Crippen LogP contribution is 2.30. The normalized spacial score (nSPS) is 18.1. The van der Waals surface area contributed by atoms with Crippen LogP contribution in [0, 0.1) is 11.3 Å². The summed E-state index contributed by atoms with van der Waals surface area (Å²) in [5, 5.41) is 19.8. The van der Waals surface area contributed by atoms with E-state index < -0.39 is 0 Å². The molecule has 0 saturated heterocycles. The molecule has 2 aliphatic carbocycles. The van der Waals surface area contributed by atoms with Crippen molar-refractivity contribution in [3.05, 3.63) is 51.8 Å². The summed E-state index contributed by atoms with van der Waals surface area (Å²) in [6.07, 6.45) is 7.40. The number of fused-ring (bicyclic) bond motifs is 2. The van der Waals surface area contributed by atoms with Crippen molar-refractivity contribution in [3.63, 3.8) is 0 Å². The molecule has 1 aromatic heterocycles. The Labute approximate surface area is 159 Å². The number of nitriles is 1. The van der Waals surface area contributed by atoms with Gasteiger partial charge in [0.2, 0.25) is 0 Å². The molecule has 0 fully saturated rings. The zero-order valence-electron chi connectivity index (χ0n) is 15.7. The van der Waals surface area contributed by atoms with Gasteiger partial charge in [-0.1, -0.05) is 6.07 Å². The van der Waals surface area contributed by atoms with E-state index in [-0.39, 0.29) is 12.1 Å². The van der Waals surface area contributed by atoms with Crippen LogP contribution in [0.25, 0.3) is 0 Å². The van der Waals surface area contributed by atoms with Gasteiger partial charge in [0.15, 0.2) is 0 Å². The van der Waals surface area contributed by atoms with Crippen LogP contribution < -0.4 is 10.6 Å². The van der Waals surface area contributed by atoms with Crippen molar-refractivity contribution in [2.75, 3.05) is 0 Å². The van der Waals surface area contributed by atoms with E-state index in [1.54, 1.807) is 0 Å². The number of nitrogens with one attached hydrogen (secondary N) is 2. The lowest BCUT2D eigenvalue weighted by atomic mass is 9.87. The molecule has 1 atom stereocenters. The second-order valence-electron chi connectivity index (χ2n) is 7.50. The molecular weight excluding hydrogens is 338 g/mol. The van der Waals surface area contributed by atoms with Crippen LogP contribution in [0.4, 0.5) is 4.79 Å². The van der Waals surface area contributed by atoms with E-state index in [9.17, 15) is 4.79 Å². The quantitative estimate of drug-likeness (QED) is 0.879. The Bertz CT molecular complexity index is 908.